The molecule has 0 radical (unpaired) electrons. The molecule has 0 aliphatic carbocycles. The number of nitrogens with one attached hydrogen (secondary N) is 1. The van der Waals surface area contributed by atoms with Crippen LogP contribution in [0.5, 0.6) is 0 Å². The number of amides is 1. The van der Waals surface area contributed by atoms with E-state index in [9.17, 15) is 22.8 Å². The van der Waals surface area contributed by atoms with Crippen LogP contribution in [-0.4, -0.2) is 35.1 Å². The van der Waals surface area contributed by atoms with Crippen molar-refractivity contribution in [3.63, 3.8) is 0 Å². The van der Waals surface area contributed by atoms with Gasteiger partial charge in [-0.2, -0.15) is 13.2 Å². The van der Waals surface area contributed by atoms with Crippen LogP contribution in [0.25, 0.3) is 11.0 Å². The van der Waals surface area contributed by atoms with Crippen LogP contribution in [0.15, 0.2) is 24.3 Å². The number of benzene rings is 1. The number of para-hydroxylation sites is 2. The van der Waals surface area contributed by atoms with Crippen LogP contribution >= 0.6 is 0 Å². The van der Waals surface area contributed by atoms with Gasteiger partial charge in [-0.1, -0.05) is 12.1 Å². The highest BCUT2D eigenvalue weighted by Crippen LogP contribution is 2.31. The molecule has 0 atom stereocenters. The topological polar surface area (TPSA) is 73.2 Å². The Morgan fingerprint density at radius 3 is 2.67 bits per heavy atom. The summed E-state index contributed by atoms with van der Waals surface area (Å²) in [5, 5.41) is 2.48. The summed E-state index contributed by atoms with van der Waals surface area (Å²) in [6.07, 6.45) is -4.20. The first kappa shape index (κ1) is 17.8. The van der Waals surface area contributed by atoms with Crippen molar-refractivity contribution in [2.24, 2.45) is 0 Å². The predicted molar refractivity (Wildman–Crippen MR) is 79.0 cm³/mol. The molecule has 0 bridgehead atoms. The van der Waals surface area contributed by atoms with E-state index in [0.717, 1.165) is 4.57 Å². The van der Waals surface area contributed by atoms with Gasteiger partial charge in [0.05, 0.1) is 18.1 Å². The molecule has 0 saturated carbocycles. The van der Waals surface area contributed by atoms with Gasteiger partial charge in [-0.25, -0.2) is 4.98 Å². The first-order valence-electron chi connectivity index (χ1n) is 7.19. The molecule has 1 aromatic carbocycles. The zero-order chi connectivity index (χ0) is 17.7. The summed E-state index contributed by atoms with van der Waals surface area (Å²) < 4.78 is 44.6. The second kappa shape index (κ2) is 7.33. The Morgan fingerprint density at radius 2 is 2.00 bits per heavy atom. The molecule has 1 heterocycles. The quantitative estimate of drug-likeness (QED) is 0.644. The number of halogens is 3. The van der Waals surface area contributed by atoms with E-state index in [2.05, 4.69) is 15.0 Å². The highest BCUT2D eigenvalue weighted by molar-refractivity contribution is 5.81. The van der Waals surface area contributed by atoms with Crippen molar-refractivity contribution in [2.75, 3.05) is 13.7 Å². The molecule has 1 aromatic heterocycles. The fourth-order valence-corrected chi connectivity index (χ4v) is 2.21. The number of alkyl halides is 3. The lowest BCUT2D eigenvalue weighted by Crippen LogP contribution is -2.30. The van der Waals surface area contributed by atoms with E-state index in [-0.39, 0.29) is 24.0 Å². The fourth-order valence-electron chi connectivity index (χ4n) is 2.21. The normalized spacial score (nSPS) is 11.5. The Balaban J connectivity index is 2.08. The lowest BCUT2D eigenvalue weighted by atomic mass is 10.3. The van der Waals surface area contributed by atoms with E-state index in [1.165, 1.54) is 19.2 Å². The summed E-state index contributed by atoms with van der Waals surface area (Å²) >= 11 is 0. The van der Waals surface area contributed by atoms with Crippen molar-refractivity contribution in [1.82, 2.24) is 14.9 Å². The highest BCUT2D eigenvalue weighted by atomic mass is 19.4. The number of nitrogens with zero attached hydrogens (tertiary/aromatic N) is 2. The summed E-state index contributed by atoms with van der Waals surface area (Å²) in [5.74, 6) is -2.12. The Labute approximate surface area is 135 Å². The molecule has 6 nitrogen and oxygen atoms in total. The monoisotopic (exact) mass is 343 g/mol. The van der Waals surface area contributed by atoms with E-state index in [4.69, 9.17) is 0 Å². The van der Waals surface area contributed by atoms with Crippen molar-refractivity contribution < 1.29 is 27.5 Å². The van der Waals surface area contributed by atoms with Crippen LogP contribution in [0.2, 0.25) is 0 Å². The molecule has 0 unspecified atom stereocenters. The van der Waals surface area contributed by atoms with Gasteiger partial charge in [0.2, 0.25) is 11.7 Å². The molecule has 1 amide bonds. The Kier molecular flexibility index (Phi) is 5.42. The average molecular weight is 343 g/mol. The molecule has 24 heavy (non-hydrogen) atoms. The number of esters is 1. The average Bonchev–Trinajstić information content (AvgIpc) is 2.90. The summed E-state index contributed by atoms with van der Waals surface area (Å²) in [4.78, 5) is 26.4. The Bertz CT molecular complexity index is 740. The molecule has 2 rings (SSSR count). The van der Waals surface area contributed by atoms with Crippen molar-refractivity contribution in [3.05, 3.63) is 30.1 Å². The third-order valence-electron chi connectivity index (χ3n) is 3.32. The molecule has 0 spiro atoms. The number of aromatic nitrogens is 2. The largest absolute Gasteiger partial charge is 0.469 e. The van der Waals surface area contributed by atoms with Crippen LogP contribution < -0.4 is 5.32 Å². The van der Waals surface area contributed by atoms with E-state index in [1.807, 2.05) is 0 Å². The zero-order valence-electron chi connectivity index (χ0n) is 12.9. The lowest BCUT2D eigenvalue weighted by Gasteiger charge is -2.11. The minimum atomic E-state index is -4.66. The van der Waals surface area contributed by atoms with E-state index in [1.54, 1.807) is 12.1 Å². The smallest absolute Gasteiger partial charge is 0.449 e. The molecule has 0 aliphatic rings. The van der Waals surface area contributed by atoms with Gasteiger partial charge in [-0.3, -0.25) is 9.59 Å². The molecular formula is C15H16F3N3O3. The number of hydrogen-bond acceptors (Lipinski definition) is 4. The number of methoxy groups -OCH3 is 1. The Hall–Kier alpha value is -2.58. The van der Waals surface area contributed by atoms with Gasteiger partial charge in [0, 0.05) is 13.0 Å². The summed E-state index contributed by atoms with van der Waals surface area (Å²) in [6, 6.07) is 6.08. The van der Waals surface area contributed by atoms with Crippen LogP contribution in [0.4, 0.5) is 13.2 Å². The van der Waals surface area contributed by atoms with Gasteiger partial charge < -0.3 is 14.6 Å². The standard InChI is InChI=1S/C15H16F3N3O3/c1-24-13(23)7-4-8-19-12(22)9-21-11-6-3-2-5-10(11)20-14(21)15(16,17)18/h2-3,5-6H,4,7-9H2,1H3,(H,19,22). The number of ether oxygens (including phenoxy) is 1. The van der Waals surface area contributed by atoms with Gasteiger partial charge >= 0.3 is 12.1 Å². The summed E-state index contributed by atoms with van der Waals surface area (Å²) in [7, 11) is 1.25. The third-order valence-corrected chi connectivity index (χ3v) is 3.32. The van der Waals surface area contributed by atoms with Crippen molar-refractivity contribution >= 4 is 22.9 Å². The van der Waals surface area contributed by atoms with Gasteiger partial charge in [-0.05, 0) is 18.6 Å². The highest BCUT2D eigenvalue weighted by Gasteiger charge is 2.37. The minimum Gasteiger partial charge on any atom is -0.469 e. The number of imidazole rings is 1. The van der Waals surface area contributed by atoms with Crippen LogP contribution in [-0.2, 0) is 27.0 Å². The van der Waals surface area contributed by atoms with Gasteiger partial charge in [0.25, 0.3) is 0 Å². The maximum Gasteiger partial charge on any atom is 0.449 e. The first-order chi connectivity index (χ1) is 11.3. The molecule has 0 aliphatic heterocycles. The lowest BCUT2D eigenvalue weighted by molar-refractivity contribution is -0.147. The number of carbonyl (C=O) groups excluding carboxylic acids is 2. The van der Waals surface area contributed by atoms with Gasteiger partial charge in [0.15, 0.2) is 0 Å². The van der Waals surface area contributed by atoms with Crippen molar-refractivity contribution in [2.45, 2.75) is 25.6 Å². The molecular weight excluding hydrogens is 327 g/mol. The maximum atomic E-state index is 13.1. The van der Waals surface area contributed by atoms with Crippen molar-refractivity contribution in [3.8, 4) is 0 Å². The first-order valence-corrected chi connectivity index (χ1v) is 7.19. The SMILES string of the molecule is COC(=O)CCCNC(=O)Cn1c(C(F)(F)F)nc2ccccc21. The van der Waals surface area contributed by atoms with E-state index >= 15 is 0 Å². The van der Waals surface area contributed by atoms with E-state index in [0.29, 0.717) is 6.42 Å². The maximum absolute atomic E-state index is 13.1. The third kappa shape index (κ3) is 4.24. The molecule has 2 aromatic rings. The number of fused-ring (bicyclic) bond motifs is 1. The summed E-state index contributed by atoms with van der Waals surface area (Å²) in [5.41, 5.74) is 0.401. The molecule has 130 valence electrons. The molecule has 1 N–H and O–H groups in total. The number of rotatable bonds is 6. The second-order valence-electron chi connectivity index (χ2n) is 5.04. The van der Waals surface area contributed by atoms with Crippen LogP contribution in [0.3, 0.4) is 0 Å². The zero-order valence-corrected chi connectivity index (χ0v) is 12.9. The van der Waals surface area contributed by atoms with Crippen LogP contribution in [0.1, 0.15) is 18.7 Å². The van der Waals surface area contributed by atoms with Gasteiger partial charge in [-0.15, -0.1) is 0 Å². The molecule has 9 heteroatoms. The molecule has 0 fully saturated rings. The predicted octanol–water partition coefficient (Wildman–Crippen LogP) is 2.12. The minimum absolute atomic E-state index is 0.124. The van der Waals surface area contributed by atoms with Crippen LogP contribution in [0, 0.1) is 0 Å². The number of carbonyl (C=O) groups is 2. The second-order valence-corrected chi connectivity index (χ2v) is 5.04. The molecule has 0 saturated heterocycles. The Morgan fingerprint density at radius 1 is 1.29 bits per heavy atom. The fraction of sp³-hybridized carbons (Fsp3) is 0.400. The van der Waals surface area contributed by atoms with E-state index < -0.39 is 30.4 Å². The van der Waals surface area contributed by atoms with Crippen molar-refractivity contribution in [1.29, 1.82) is 0 Å². The van der Waals surface area contributed by atoms with Gasteiger partial charge in [0.1, 0.15) is 6.54 Å². The summed E-state index contributed by atoms with van der Waals surface area (Å²) in [6.45, 7) is -0.338. The number of hydrogen-bond donors (Lipinski definition) is 1.